The van der Waals surface area contributed by atoms with Gasteiger partial charge in [0.15, 0.2) is 0 Å². The number of imidazole rings is 1. The average Bonchev–Trinajstić information content (AvgIpc) is 3.39. The number of anilines is 1. The van der Waals surface area contributed by atoms with E-state index in [2.05, 4.69) is 38.0 Å². The Labute approximate surface area is 201 Å². The smallest absolute Gasteiger partial charge is 0.223 e. The SMILES string of the molecule is CNS(C)=O.Cc1ccc(Cl)c(-c2nc(C3(C)CC3)[nH]c2-c2ccnc(NCCC#N)n2)c1. The lowest BCUT2D eigenvalue weighted by Gasteiger charge is -2.07. The molecule has 1 aliphatic rings. The van der Waals surface area contributed by atoms with Crippen LogP contribution in [-0.4, -0.2) is 44.0 Å². The van der Waals surface area contributed by atoms with Crippen LogP contribution in [0.5, 0.6) is 0 Å². The van der Waals surface area contributed by atoms with Gasteiger partial charge >= 0.3 is 0 Å². The molecule has 0 spiro atoms. The van der Waals surface area contributed by atoms with Gasteiger partial charge < -0.3 is 10.3 Å². The summed E-state index contributed by atoms with van der Waals surface area (Å²) in [6, 6.07) is 9.90. The lowest BCUT2D eigenvalue weighted by atomic mass is 10.1. The molecule has 0 radical (unpaired) electrons. The second kappa shape index (κ2) is 10.9. The third-order valence-corrected chi connectivity index (χ3v) is 6.28. The molecule has 1 atom stereocenters. The number of halogens is 1. The summed E-state index contributed by atoms with van der Waals surface area (Å²) < 4.78 is 12.3. The van der Waals surface area contributed by atoms with Crippen LogP contribution in [0, 0.1) is 18.3 Å². The number of aromatic amines is 1. The molecular formula is C23H28ClN7OS. The van der Waals surface area contributed by atoms with E-state index < -0.39 is 11.0 Å². The van der Waals surface area contributed by atoms with Crippen molar-refractivity contribution in [3.05, 3.63) is 46.9 Å². The number of aryl methyl sites for hydroxylation is 1. The van der Waals surface area contributed by atoms with Crippen LogP contribution in [0.4, 0.5) is 5.95 Å². The van der Waals surface area contributed by atoms with Gasteiger partial charge in [-0.15, -0.1) is 0 Å². The number of hydrogen-bond donors (Lipinski definition) is 3. The van der Waals surface area contributed by atoms with Gasteiger partial charge in [-0.3, -0.25) is 0 Å². The summed E-state index contributed by atoms with van der Waals surface area (Å²) in [5, 5.41) is 12.5. The summed E-state index contributed by atoms with van der Waals surface area (Å²) in [5.41, 5.74) is 4.48. The molecule has 1 saturated carbocycles. The number of benzene rings is 1. The van der Waals surface area contributed by atoms with Crippen molar-refractivity contribution in [2.45, 2.75) is 38.5 Å². The molecule has 8 nitrogen and oxygen atoms in total. The second-order valence-electron chi connectivity index (χ2n) is 8.11. The fraction of sp³-hybridized carbons (Fsp3) is 0.391. The van der Waals surface area contributed by atoms with E-state index in [1.54, 1.807) is 19.5 Å². The van der Waals surface area contributed by atoms with E-state index in [9.17, 15) is 4.21 Å². The quantitative estimate of drug-likeness (QED) is 0.427. The van der Waals surface area contributed by atoms with Gasteiger partial charge in [-0.25, -0.2) is 23.9 Å². The molecule has 2 aromatic heterocycles. The van der Waals surface area contributed by atoms with Crippen molar-refractivity contribution in [1.82, 2.24) is 24.7 Å². The zero-order chi connectivity index (χ0) is 24.0. The molecule has 10 heteroatoms. The minimum absolute atomic E-state index is 0.0875. The molecule has 33 heavy (non-hydrogen) atoms. The molecule has 4 rings (SSSR count). The van der Waals surface area contributed by atoms with Crippen LogP contribution >= 0.6 is 11.6 Å². The monoisotopic (exact) mass is 485 g/mol. The molecule has 0 saturated heterocycles. The molecule has 0 amide bonds. The summed E-state index contributed by atoms with van der Waals surface area (Å²) in [7, 11) is 0.826. The van der Waals surface area contributed by atoms with Crippen LogP contribution in [0.25, 0.3) is 22.6 Å². The molecular weight excluding hydrogens is 458 g/mol. The molecule has 2 heterocycles. The third kappa shape index (κ3) is 6.38. The molecule has 1 unspecified atom stereocenters. The van der Waals surface area contributed by atoms with Crippen LogP contribution < -0.4 is 10.0 Å². The van der Waals surface area contributed by atoms with Gasteiger partial charge in [0.25, 0.3) is 0 Å². The van der Waals surface area contributed by atoms with E-state index in [1.165, 1.54) is 0 Å². The maximum absolute atomic E-state index is 9.81. The van der Waals surface area contributed by atoms with Crippen LogP contribution in [0.15, 0.2) is 30.5 Å². The zero-order valence-corrected chi connectivity index (χ0v) is 20.8. The topological polar surface area (TPSA) is 119 Å². The Bertz CT molecular complexity index is 1180. The highest BCUT2D eigenvalue weighted by Gasteiger charge is 2.42. The number of aromatic nitrogens is 4. The van der Waals surface area contributed by atoms with Crippen LogP contribution in [0.2, 0.25) is 5.02 Å². The third-order valence-electron chi connectivity index (χ3n) is 5.37. The van der Waals surface area contributed by atoms with E-state index >= 15 is 0 Å². The molecule has 3 N–H and O–H groups in total. The first-order valence-electron chi connectivity index (χ1n) is 10.6. The Morgan fingerprint density at radius 3 is 2.67 bits per heavy atom. The number of nitriles is 1. The van der Waals surface area contributed by atoms with E-state index in [4.69, 9.17) is 21.8 Å². The van der Waals surface area contributed by atoms with Gasteiger partial charge in [0.1, 0.15) is 5.82 Å². The fourth-order valence-electron chi connectivity index (χ4n) is 3.10. The number of H-pyrrole nitrogens is 1. The highest BCUT2D eigenvalue weighted by atomic mass is 35.5. The molecule has 0 aliphatic heterocycles. The summed E-state index contributed by atoms with van der Waals surface area (Å²) in [6.07, 6.45) is 5.92. The number of rotatable bonds is 7. The summed E-state index contributed by atoms with van der Waals surface area (Å²) in [4.78, 5) is 17.3. The Balaban J connectivity index is 0.000000555. The molecule has 174 valence electrons. The zero-order valence-electron chi connectivity index (χ0n) is 19.2. The van der Waals surface area contributed by atoms with Gasteiger partial charge in [-0.05, 0) is 45.0 Å². The minimum atomic E-state index is -0.823. The lowest BCUT2D eigenvalue weighted by molar-refractivity contribution is 0.682. The second-order valence-corrected chi connectivity index (χ2v) is 9.84. The Morgan fingerprint density at radius 1 is 1.30 bits per heavy atom. The molecule has 1 aromatic carbocycles. The predicted molar refractivity (Wildman–Crippen MR) is 133 cm³/mol. The molecule has 1 aliphatic carbocycles. The van der Waals surface area contributed by atoms with E-state index in [-0.39, 0.29) is 5.41 Å². The number of hydrogen-bond acceptors (Lipinski definition) is 6. The normalized spacial score (nSPS) is 14.5. The standard InChI is InChI=1S/C21H21ClN6.C2H7NOS/c1-13-4-5-15(22)14(12-13)17-18(28-19(27-17)21(2)7-8-21)16-6-11-25-20(26-16)24-10-3-9-23;1-3-5(2)4/h4-6,11-12H,3,7-8,10H2,1-2H3,(H,27,28)(H,24,25,26);3H,1-2H3. The van der Waals surface area contributed by atoms with E-state index in [0.717, 1.165) is 46.9 Å². The van der Waals surface area contributed by atoms with Gasteiger partial charge in [-0.2, -0.15) is 5.26 Å². The van der Waals surface area contributed by atoms with Crippen LogP contribution in [-0.2, 0) is 16.4 Å². The first-order chi connectivity index (χ1) is 15.8. The maximum Gasteiger partial charge on any atom is 0.223 e. The van der Waals surface area contributed by atoms with Crippen LogP contribution in [0.1, 0.15) is 37.6 Å². The number of nitrogens with zero attached hydrogens (tertiary/aromatic N) is 4. The van der Waals surface area contributed by atoms with Gasteiger partial charge in [0.2, 0.25) is 5.95 Å². The summed E-state index contributed by atoms with van der Waals surface area (Å²) in [6.45, 7) is 4.76. The highest BCUT2D eigenvalue weighted by molar-refractivity contribution is 7.82. The van der Waals surface area contributed by atoms with Crippen molar-refractivity contribution in [3.8, 4) is 28.7 Å². The number of nitrogens with one attached hydrogen (secondary N) is 3. The van der Waals surface area contributed by atoms with Gasteiger partial charge in [-0.1, -0.05) is 30.2 Å². The Hall–Kier alpha value is -2.80. The largest absolute Gasteiger partial charge is 0.353 e. The summed E-state index contributed by atoms with van der Waals surface area (Å²) >= 11 is 6.52. The van der Waals surface area contributed by atoms with E-state index in [1.807, 2.05) is 31.2 Å². The van der Waals surface area contributed by atoms with Crippen molar-refractivity contribution in [1.29, 1.82) is 5.26 Å². The van der Waals surface area contributed by atoms with Crippen molar-refractivity contribution >= 4 is 28.5 Å². The van der Waals surface area contributed by atoms with Crippen molar-refractivity contribution in [3.63, 3.8) is 0 Å². The molecule has 3 aromatic rings. The lowest BCUT2D eigenvalue weighted by Crippen LogP contribution is -2.06. The van der Waals surface area contributed by atoms with Gasteiger partial charge in [0.05, 0.1) is 45.6 Å². The average molecular weight is 486 g/mol. The van der Waals surface area contributed by atoms with Crippen LogP contribution in [0.3, 0.4) is 0 Å². The predicted octanol–water partition coefficient (Wildman–Crippen LogP) is 4.37. The van der Waals surface area contributed by atoms with Crippen molar-refractivity contribution < 1.29 is 4.21 Å². The minimum Gasteiger partial charge on any atom is -0.353 e. The van der Waals surface area contributed by atoms with Gasteiger partial charge in [0, 0.05) is 30.0 Å². The highest BCUT2D eigenvalue weighted by Crippen LogP contribution is 2.48. The van der Waals surface area contributed by atoms with E-state index in [0.29, 0.717) is 23.9 Å². The maximum atomic E-state index is 9.81. The first kappa shape index (κ1) is 24.8. The van der Waals surface area contributed by atoms with Crippen molar-refractivity contribution in [2.75, 3.05) is 25.2 Å². The molecule has 0 bridgehead atoms. The first-order valence-corrected chi connectivity index (χ1v) is 12.5. The summed E-state index contributed by atoms with van der Waals surface area (Å²) in [5.74, 6) is 1.45. The molecule has 1 fully saturated rings. The van der Waals surface area contributed by atoms with Crippen molar-refractivity contribution in [2.24, 2.45) is 0 Å². The fourth-order valence-corrected chi connectivity index (χ4v) is 3.30. The Morgan fingerprint density at radius 2 is 2.03 bits per heavy atom. The Kier molecular flexibility index (Phi) is 8.19.